The monoisotopic (exact) mass is 405 g/mol. The van der Waals surface area contributed by atoms with Gasteiger partial charge in [-0.2, -0.15) is 0 Å². The third kappa shape index (κ3) is 3.18. The molecule has 2 heterocycles. The average molecular weight is 405 g/mol. The highest BCUT2D eigenvalue weighted by atomic mass is 16.5. The van der Waals surface area contributed by atoms with Gasteiger partial charge in [0.1, 0.15) is 5.70 Å². The molecule has 0 bridgehead atoms. The predicted molar refractivity (Wildman–Crippen MR) is 112 cm³/mol. The number of carbonyl (C=O) groups excluding carboxylic acids is 2. The lowest BCUT2D eigenvalue weighted by molar-refractivity contribution is -0.123. The van der Waals surface area contributed by atoms with Crippen molar-refractivity contribution < 1.29 is 23.8 Å². The van der Waals surface area contributed by atoms with Crippen molar-refractivity contribution in [3.05, 3.63) is 59.4 Å². The summed E-state index contributed by atoms with van der Waals surface area (Å²) < 4.78 is 16.0. The molecule has 0 saturated carbocycles. The minimum atomic E-state index is -0.552. The molecule has 3 aromatic rings. The molecule has 0 unspecified atom stereocenters. The average Bonchev–Trinajstić information content (AvgIpc) is 3.30. The van der Waals surface area contributed by atoms with Gasteiger partial charge in [0.05, 0.1) is 26.9 Å². The summed E-state index contributed by atoms with van der Waals surface area (Å²) in [6.07, 6.45) is 3.18. The number of hydrogen-bond donors (Lipinski definition) is 2. The molecular formula is C22H19N3O5. The van der Waals surface area contributed by atoms with E-state index in [1.807, 2.05) is 24.3 Å². The van der Waals surface area contributed by atoms with E-state index < -0.39 is 11.8 Å². The smallest absolute Gasteiger partial charge is 0.277 e. The van der Waals surface area contributed by atoms with Gasteiger partial charge in [0.2, 0.25) is 5.75 Å². The Morgan fingerprint density at radius 2 is 1.63 bits per heavy atom. The maximum absolute atomic E-state index is 12.5. The fourth-order valence-corrected chi connectivity index (χ4v) is 3.41. The van der Waals surface area contributed by atoms with E-state index in [2.05, 4.69) is 15.3 Å². The first-order chi connectivity index (χ1) is 14.6. The van der Waals surface area contributed by atoms with Crippen LogP contribution in [0.5, 0.6) is 17.2 Å². The number of carbonyl (C=O) groups is 2. The predicted octanol–water partition coefficient (Wildman–Crippen LogP) is 2.68. The Morgan fingerprint density at radius 1 is 0.933 bits per heavy atom. The molecular weight excluding hydrogens is 386 g/mol. The number of fused-ring (bicyclic) bond motifs is 1. The second-order valence-corrected chi connectivity index (χ2v) is 6.47. The number of hydrogen-bond acceptors (Lipinski definition) is 6. The summed E-state index contributed by atoms with van der Waals surface area (Å²) in [7, 11) is 4.54. The van der Waals surface area contributed by atoms with Gasteiger partial charge in [-0.15, -0.1) is 0 Å². The van der Waals surface area contributed by atoms with Gasteiger partial charge in [-0.1, -0.05) is 18.2 Å². The van der Waals surface area contributed by atoms with Crippen LogP contribution in [0.1, 0.15) is 11.1 Å². The number of para-hydroxylation sites is 1. The van der Waals surface area contributed by atoms with Crippen molar-refractivity contribution >= 4 is 34.5 Å². The number of aromatic nitrogens is 1. The van der Waals surface area contributed by atoms with E-state index in [4.69, 9.17) is 14.2 Å². The van der Waals surface area contributed by atoms with E-state index >= 15 is 0 Å². The third-order valence-corrected chi connectivity index (χ3v) is 4.79. The summed E-state index contributed by atoms with van der Waals surface area (Å²) in [6.45, 7) is 0. The van der Waals surface area contributed by atoms with Crippen LogP contribution in [0, 0.1) is 0 Å². The van der Waals surface area contributed by atoms with Gasteiger partial charge < -0.3 is 19.2 Å². The highest BCUT2D eigenvalue weighted by Gasteiger charge is 2.32. The second-order valence-electron chi connectivity index (χ2n) is 6.47. The molecule has 4 rings (SSSR count). The number of nitrogens with zero attached hydrogens (tertiary/aromatic N) is 1. The van der Waals surface area contributed by atoms with Crippen LogP contribution in [0.15, 0.2) is 53.3 Å². The van der Waals surface area contributed by atoms with Crippen LogP contribution < -0.4 is 19.5 Å². The highest BCUT2D eigenvalue weighted by Crippen LogP contribution is 2.38. The fraction of sp³-hybridized carbons (Fsp3) is 0.136. The van der Waals surface area contributed by atoms with Crippen LogP contribution in [0.4, 0.5) is 0 Å². The Labute approximate surface area is 172 Å². The number of benzene rings is 2. The largest absolute Gasteiger partial charge is 0.493 e. The van der Waals surface area contributed by atoms with E-state index in [1.54, 1.807) is 18.3 Å². The van der Waals surface area contributed by atoms with Crippen molar-refractivity contribution in [2.24, 2.45) is 4.99 Å². The molecule has 0 aliphatic carbocycles. The first-order valence-electron chi connectivity index (χ1n) is 9.08. The van der Waals surface area contributed by atoms with Crippen LogP contribution >= 0.6 is 0 Å². The molecule has 1 aromatic heterocycles. The second kappa shape index (κ2) is 7.75. The van der Waals surface area contributed by atoms with Gasteiger partial charge in [0, 0.05) is 34.4 Å². The number of imide groups is 1. The van der Waals surface area contributed by atoms with Gasteiger partial charge >= 0.3 is 0 Å². The van der Waals surface area contributed by atoms with Crippen molar-refractivity contribution in [1.29, 1.82) is 0 Å². The van der Waals surface area contributed by atoms with Gasteiger partial charge in [-0.25, -0.2) is 4.99 Å². The summed E-state index contributed by atoms with van der Waals surface area (Å²) in [5.74, 6) is 0.322. The van der Waals surface area contributed by atoms with E-state index in [0.717, 1.165) is 10.9 Å². The summed E-state index contributed by atoms with van der Waals surface area (Å²) in [6, 6.07) is 10.9. The van der Waals surface area contributed by atoms with Crippen LogP contribution in [0.2, 0.25) is 0 Å². The first kappa shape index (κ1) is 19.3. The van der Waals surface area contributed by atoms with E-state index in [1.165, 1.54) is 27.5 Å². The number of aliphatic imine (C=N–C) groups is 1. The molecule has 0 radical (unpaired) electrons. The molecule has 0 atom stereocenters. The zero-order valence-electron chi connectivity index (χ0n) is 16.6. The molecule has 30 heavy (non-hydrogen) atoms. The van der Waals surface area contributed by atoms with Gasteiger partial charge in [0.15, 0.2) is 11.5 Å². The van der Waals surface area contributed by atoms with Crippen molar-refractivity contribution in [2.45, 2.75) is 0 Å². The zero-order chi connectivity index (χ0) is 21.3. The van der Waals surface area contributed by atoms with Crippen molar-refractivity contribution in [1.82, 2.24) is 10.3 Å². The Balaban J connectivity index is 1.81. The third-order valence-electron chi connectivity index (χ3n) is 4.79. The van der Waals surface area contributed by atoms with Crippen molar-refractivity contribution in [2.75, 3.05) is 21.3 Å². The topological polar surface area (TPSA) is 102 Å². The number of H-pyrrole nitrogens is 1. The first-order valence-corrected chi connectivity index (χ1v) is 9.08. The van der Waals surface area contributed by atoms with Crippen LogP contribution in [0.3, 0.4) is 0 Å². The normalized spacial score (nSPS) is 14.0. The number of ether oxygens (including phenoxy) is 3. The fourth-order valence-electron chi connectivity index (χ4n) is 3.41. The molecule has 0 fully saturated rings. The Kier molecular flexibility index (Phi) is 4.97. The molecule has 152 valence electrons. The Hall–Kier alpha value is -4.07. The molecule has 0 saturated heterocycles. The minimum Gasteiger partial charge on any atom is -0.493 e. The SMILES string of the molecule is COc1cc(C=NC2=C(c3c[nH]c4ccccc34)C(=O)NC2=O)cc(OC)c1OC. The summed E-state index contributed by atoms with van der Waals surface area (Å²) in [5.41, 5.74) is 2.35. The quantitative estimate of drug-likeness (QED) is 0.485. The van der Waals surface area contributed by atoms with E-state index in [9.17, 15) is 9.59 Å². The lowest BCUT2D eigenvalue weighted by atomic mass is 10.0. The van der Waals surface area contributed by atoms with Crippen LogP contribution in [-0.2, 0) is 9.59 Å². The molecule has 1 aliphatic rings. The summed E-state index contributed by atoms with van der Waals surface area (Å²) in [5, 5.41) is 3.15. The summed E-state index contributed by atoms with van der Waals surface area (Å²) in [4.78, 5) is 32.4. The Morgan fingerprint density at radius 3 is 2.30 bits per heavy atom. The lowest BCUT2D eigenvalue weighted by Crippen LogP contribution is -2.22. The molecule has 2 aromatic carbocycles. The maximum Gasteiger partial charge on any atom is 0.277 e. The molecule has 2 N–H and O–H groups in total. The minimum absolute atomic E-state index is 0.0403. The standard InChI is InChI=1S/C22H19N3O5/c1-28-16-8-12(9-17(29-2)20(16)30-3)10-24-19-18(21(26)25-22(19)27)14-11-23-15-7-5-4-6-13(14)15/h4-11,23H,1-3H3,(H,25,26,27). The number of methoxy groups -OCH3 is 3. The lowest BCUT2D eigenvalue weighted by Gasteiger charge is -2.12. The van der Waals surface area contributed by atoms with Gasteiger partial charge in [-0.3, -0.25) is 14.9 Å². The van der Waals surface area contributed by atoms with E-state index in [-0.39, 0.29) is 11.3 Å². The molecule has 0 spiro atoms. The molecule has 1 aliphatic heterocycles. The highest BCUT2D eigenvalue weighted by molar-refractivity contribution is 6.37. The van der Waals surface area contributed by atoms with Gasteiger partial charge in [-0.05, 0) is 18.2 Å². The van der Waals surface area contributed by atoms with Crippen molar-refractivity contribution in [3.8, 4) is 17.2 Å². The van der Waals surface area contributed by atoms with Crippen LogP contribution in [-0.4, -0.2) is 44.3 Å². The number of nitrogens with one attached hydrogen (secondary N) is 2. The number of aromatic amines is 1. The molecule has 2 amide bonds. The summed E-state index contributed by atoms with van der Waals surface area (Å²) >= 11 is 0. The number of rotatable bonds is 6. The molecule has 8 nitrogen and oxygen atoms in total. The zero-order valence-corrected chi connectivity index (χ0v) is 16.6. The Bertz CT molecular complexity index is 1200. The molecule has 8 heteroatoms. The van der Waals surface area contributed by atoms with E-state index in [0.29, 0.717) is 28.4 Å². The maximum atomic E-state index is 12.5. The van der Waals surface area contributed by atoms with Crippen molar-refractivity contribution in [3.63, 3.8) is 0 Å². The number of amides is 2. The van der Waals surface area contributed by atoms with Gasteiger partial charge in [0.25, 0.3) is 11.8 Å². The van der Waals surface area contributed by atoms with Crippen LogP contribution in [0.25, 0.3) is 16.5 Å².